The molecule has 0 atom stereocenters. The quantitative estimate of drug-likeness (QED) is 0.504. The van der Waals surface area contributed by atoms with Crippen LogP contribution in [0.1, 0.15) is 15.9 Å². The fourth-order valence-electron chi connectivity index (χ4n) is 2.53. The van der Waals surface area contributed by atoms with Gasteiger partial charge in [-0.1, -0.05) is 17.7 Å². The lowest BCUT2D eigenvalue weighted by Gasteiger charge is -2.19. The Hall–Kier alpha value is -2.88. The molecule has 0 spiro atoms. The highest BCUT2D eigenvalue weighted by Crippen LogP contribution is 2.38. The first-order valence-corrected chi connectivity index (χ1v) is 10.3. The van der Waals surface area contributed by atoms with Crippen molar-refractivity contribution in [3.05, 3.63) is 58.6 Å². The topological polar surface area (TPSA) is 119 Å². The third-order valence-corrected chi connectivity index (χ3v) is 5.61. The predicted molar refractivity (Wildman–Crippen MR) is 105 cm³/mol. The Balaban J connectivity index is 1.73. The van der Waals surface area contributed by atoms with E-state index in [0.29, 0.717) is 35.3 Å². The average Bonchev–Trinajstić information content (AvgIpc) is 2.71. The van der Waals surface area contributed by atoms with Crippen molar-refractivity contribution >= 4 is 39.5 Å². The monoisotopic (exact) mass is 437 g/mol. The van der Waals surface area contributed by atoms with Crippen LogP contribution in [0, 0.1) is 0 Å². The number of hydrogen-bond acceptors (Lipinski definition) is 6. The summed E-state index contributed by atoms with van der Waals surface area (Å²) in [6.07, 6.45) is 2.89. The molecule has 2 aromatic rings. The average molecular weight is 438 g/mol. The predicted octanol–water partition coefficient (Wildman–Crippen LogP) is 2.37. The number of allylic oxidation sites excluding steroid dienone is 1. The third-order valence-electron chi connectivity index (χ3n) is 3.91. The van der Waals surface area contributed by atoms with E-state index in [1.165, 1.54) is 30.3 Å². The molecule has 2 aromatic carbocycles. The molecule has 1 heterocycles. The molecule has 0 saturated carbocycles. The van der Waals surface area contributed by atoms with Crippen LogP contribution in [0.15, 0.2) is 47.4 Å². The van der Waals surface area contributed by atoms with Gasteiger partial charge in [0.05, 0.1) is 9.92 Å². The summed E-state index contributed by atoms with van der Waals surface area (Å²) >= 11 is 6.16. The molecule has 0 aromatic heterocycles. The molecule has 152 valence electrons. The van der Waals surface area contributed by atoms with Crippen LogP contribution in [0.5, 0.6) is 11.5 Å². The van der Waals surface area contributed by atoms with Crippen LogP contribution < -0.4 is 14.2 Å². The molecule has 10 heteroatoms. The Kier molecular flexibility index (Phi) is 6.21. The van der Waals surface area contributed by atoms with Gasteiger partial charge in [0.2, 0.25) is 10.0 Å². The Bertz CT molecular complexity index is 1080. The molecule has 0 fully saturated rings. The smallest absolute Gasteiger partial charge is 0.318 e. The lowest BCUT2D eigenvalue weighted by Crippen LogP contribution is -2.29. The van der Waals surface area contributed by atoms with Gasteiger partial charge in [0, 0.05) is 5.56 Å². The molecule has 0 saturated heterocycles. The number of rotatable bonds is 7. The van der Waals surface area contributed by atoms with E-state index in [9.17, 15) is 18.0 Å². The van der Waals surface area contributed by atoms with Crippen molar-refractivity contribution < 1.29 is 32.6 Å². The van der Waals surface area contributed by atoms with E-state index in [1.807, 2.05) is 4.72 Å². The number of hydrogen-bond donors (Lipinski definition) is 2. The van der Waals surface area contributed by atoms with Crippen molar-refractivity contribution in [2.24, 2.45) is 0 Å². The molecule has 0 bridgehead atoms. The van der Waals surface area contributed by atoms with E-state index in [1.54, 1.807) is 18.2 Å². The van der Waals surface area contributed by atoms with Gasteiger partial charge in [-0.25, -0.2) is 8.42 Å². The summed E-state index contributed by atoms with van der Waals surface area (Å²) < 4.78 is 36.8. The highest BCUT2D eigenvalue weighted by molar-refractivity contribution is 7.89. The Morgan fingerprint density at radius 3 is 2.52 bits per heavy atom. The highest BCUT2D eigenvalue weighted by atomic mass is 35.5. The number of nitrogens with one attached hydrogen (secondary N) is 1. The Morgan fingerprint density at radius 2 is 1.83 bits per heavy atom. The maximum absolute atomic E-state index is 12.3. The fraction of sp³-hybridized carbons (Fsp3) is 0.158. The molecule has 1 aliphatic heterocycles. The second-order valence-corrected chi connectivity index (χ2v) is 8.14. The first-order valence-electron chi connectivity index (χ1n) is 8.39. The van der Waals surface area contributed by atoms with Crippen molar-refractivity contribution in [3.8, 4) is 11.5 Å². The molecule has 0 aliphatic carbocycles. The second-order valence-electron chi connectivity index (χ2n) is 5.97. The Labute approximate surface area is 171 Å². The van der Waals surface area contributed by atoms with E-state index >= 15 is 0 Å². The van der Waals surface area contributed by atoms with Gasteiger partial charge in [0.15, 0.2) is 17.3 Å². The number of benzene rings is 2. The lowest BCUT2D eigenvalue weighted by molar-refractivity contribution is -0.135. The van der Waals surface area contributed by atoms with Crippen molar-refractivity contribution in [2.75, 3.05) is 19.8 Å². The molecule has 8 nitrogen and oxygen atoms in total. The van der Waals surface area contributed by atoms with Crippen molar-refractivity contribution in [1.82, 2.24) is 4.72 Å². The van der Waals surface area contributed by atoms with Gasteiger partial charge in [-0.15, -0.1) is 0 Å². The van der Waals surface area contributed by atoms with Crippen LogP contribution in [0.2, 0.25) is 5.02 Å². The second kappa shape index (κ2) is 8.64. The van der Waals surface area contributed by atoms with Gasteiger partial charge in [0.25, 0.3) is 0 Å². The van der Waals surface area contributed by atoms with Gasteiger partial charge < -0.3 is 14.6 Å². The van der Waals surface area contributed by atoms with E-state index in [4.69, 9.17) is 26.2 Å². The number of sulfonamides is 1. The van der Waals surface area contributed by atoms with Crippen LogP contribution >= 0.6 is 11.6 Å². The normalized spacial score (nSPS) is 13.4. The number of fused-ring (bicyclic) bond motifs is 1. The molecule has 0 unspecified atom stereocenters. The van der Waals surface area contributed by atoms with Crippen molar-refractivity contribution in [2.45, 2.75) is 4.90 Å². The van der Waals surface area contributed by atoms with Gasteiger partial charge in [-0.2, -0.15) is 4.72 Å². The van der Waals surface area contributed by atoms with Gasteiger partial charge >= 0.3 is 5.97 Å². The molecule has 29 heavy (non-hydrogen) atoms. The summed E-state index contributed by atoms with van der Waals surface area (Å²) in [4.78, 5) is 22.7. The number of ketones is 1. The first kappa shape index (κ1) is 20.8. The van der Waals surface area contributed by atoms with E-state index in [0.717, 1.165) is 0 Å². The zero-order valence-corrected chi connectivity index (χ0v) is 16.5. The number of carboxylic acid groups (broad SMARTS) is 1. The summed E-state index contributed by atoms with van der Waals surface area (Å²) in [5.74, 6) is -0.683. The van der Waals surface area contributed by atoms with Gasteiger partial charge in [-0.3, -0.25) is 9.59 Å². The summed E-state index contributed by atoms with van der Waals surface area (Å²) in [6.45, 7) is 0.0911. The lowest BCUT2D eigenvalue weighted by atomic mass is 10.1. The zero-order valence-electron chi connectivity index (χ0n) is 14.9. The molecular weight excluding hydrogens is 422 g/mol. The number of carbonyl (C=O) groups excluding carboxylic acids is 1. The molecule has 0 amide bonds. The molecule has 1 aliphatic rings. The molecule has 3 rings (SSSR count). The third kappa shape index (κ3) is 5.14. The largest absolute Gasteiger partial charge is 0.486 e. The highest BCUT2D eigenvalue weighted by Gasteiger charge is 2.17. The van der Waals surface area contributed by atoms with Gasteiger partial charge in [-0.05, 0) is 48.0 Å². The summed E-state index contributed by atoms with van der Waals surface area (Å²) in [6, 6.07) is 8.49. The van der Waals surface area contributed by atoms with Crippen molar-refractivity contribution in [1.29, 1.82) is 0 Å². The minimum absolute atomic E-state index is 0.141. The SMILES string of the molecule is O=C(O)CNS(=O)(=O)c1ccc(C(=O)/C=C/c2cc(Cl)c3c(c2)OCCO3)cc1. The van der Waals surface area contributed by atoms with E-state index in [-0.39, 0.29) is 16.2 Å². The van der Waals surface area contributed by atoms with Crippen LogP contribution in [0.3, 0.4) is 0 Å². The maximum Gasteiger partial charge on any atom is 0.318 e. The number of carboxylic acids is 1. The van der Waals surface area contributed by atoms with Gasteiger partial charge in [0.1, 0.15) is 19.8 Å². The summed E-state index contributed by atoms with van der Waals surface area (Å²) in [5, 5.41) is 8.95. The summed E-state index contributed by atoms with van der Waals surface area (Å²) in [5.41, 5.74) is 0.909. The minimum atomic E-state index is -3.97. The fourth-order valence-corrected chi connectivity index (χ4v) is 3.78. The number of carbonyl (C=O) groups is 2. The standard InChI is InChI=1S/C19H16ClNO7S/c20-15-9-12(10-17-19(15)28-8-7-27-17)1-6-16(22)13-2-4-14(5-3-13)29(25,26)21-11-18(23)24/h1-6,9-10,21H,7-8,11H2,(H,23,24)/b6-1+. The van der Waals surface area contributed by atoms with Crippen LogP contribution in [0.4, 0.5) is 0 Å². The summed E-state index contributed by atoms with van der Waals surface area (Å²) in [7, 11) is -3.97. The number of ether oxygens (including phenoxy) is 2. The number of halogens is 1. The van der Waals surface area contributed by atoms with E-state index in [2.05, 4.69) is 0 Å². The first-order chi connectivity index (χ1) is 13.8. The number of aliphatic carboxylic acids is 1. The Morgan fingerprint density at radius 1 is 1.14 bits per heavy atom. The van der Waals surface area contributed by atoms with Crippen LogP contribution in [-0.2, 0) is 14.8 Å². The minimum Gasteiger partial charge on any atom is -0.486 e. The van der Waals surface area contributed by atoms with E-state index < -0.39 is 22.5 Å². The molecule has 2 N–H and O–H groups in total. The maximum atomic E-state index is 12.3. The van der Waals surface area contributed by atoms with Crippen molar-refractivity contribution in [3.63, 3.8) is 0 Å². The zero-order chi connectivity index (χ0) is 21.0. The van der Waals surface area contributed by atoms with Crippen LogP contribution in [0.25, 0.3) is 6.08 Å². The molecule has 0 radical (unpaired) electrons. The van der Waals surface area contributed by atoms with Crippen LogP contribution in [-0.4, -0.2) is 45.0 Å². The molecular formula is C19H16ClNO7S.